The zero-order chi connectivity index (χ0) is 27.0. The monoisotopic (exact) mass is 550 g/mol. The number of hydrogen-bond acceptors (Lipinski definition) is 9. The smallest absolute Gasteiger partial charge is 0.236 e. The Morgan fingerprint density at radius 2 is 1.82 bits per heavy atom. The summed E-state index contributed by atoms with van der Waals surface area (Å²) in [6.07, 6.45) is 8.38. The van der Waals surface area contributed by atoms with Gasteiger partial charge in [0.15, 0.2) is 0 Å². The lowest BCUT2D eigenvalue weighted by molar-refractivity contribution is -0.129. The van der Waals surface area contributed by atoms with Crippen molar-refractivity contribution in [3.05, 3.63) is 54.7 Å². The van der Waals surface area contributed by atoms with Crippen LogP contribution < -0.4 is 14.8 Å². The van der Waals surface area contributed by atoms with Crippen LogP contribution in [-0.2, 0) is 25.0 Å². The van der Waals surface area contributed by atoms with Crippen LogP contribution in [-0.4, -0.2) is 58.3 Å². The number of anilines is 2. The Morgan fingerprint density at radius 3 is 2.51 bits per heavy atom. The van der Waals surface area contributed by atoms with Crippen molar-refractivity contribution in [1.82, 2.24) is 19.9 Å². The average molecular weight is 551 g/mol. The summed E-state index contributed by atoms with van der Waals surface area (Å²) in [6.45, 7) is 2.38. The molecule has 204 valence electrons. The number of hydrogen-bond donors (Lipinski definition) is 2. The van der Waals surface area contributed by atoms with Gasteiger partial charge in [0.1, 0.15) is 12.1 Å². The van der Waals surface area contributed by atoms with E-state index in [9.17, 15) is 13.2 Å². The van der Waals surface area contributed by atoms with Gasteiger partial charge in [-0.1, -0.05) is 12.1 Å². The topological polar surface area (TPSA) is 145 Å². The molecule has 2 aromatic heterocycles. The van der Waals surface area contributed by atoms with Crippen molar-refractivity contribution in [2.45, 2.75) is 68.3 Å². The highest BCUT2D eigenvalue weighted by Gasteiger charge is 2.52. The molecule has 2 N–H and O–H groups in total. The Kier molecular flexibility index (Phi) is 6.67. The summed E-state index contributed by atoms with van der Waals surface area (Å²) in [4.78, 5) is 31.3. The molecular weight excluding hydrogens is 520 g/mol. The molecular formula is C27H30N6O5S. The van der Waals surface area contributed by atoms with E-state index in [1.165, 1.54) is 6.33 Å². The van der Waals surface area contributed by atoms with Crippen molar-refractivity contribution in [3.63, 3.8) is 0 Å². The fraction of sp³-hybridized carbons (Fsp3) is 0.444. The van der Waals surface area contributed by atoms with Crippen molar-refractivity contribution in [1.29, 1.82) is 0 Å². The third-order valence-electron chi connectivity index (χ3n) is 7.49. The zero-order valence-corrected chi connectivity index (χ0v) is 22.4. The van der Waals surface area contributed by atoms with Gasteiger partial charge in [0.25, 0.3) is 0 Å². The van der Waals surface area contributed by atoms with E-state index in [1.807, 2.05) is 31.2 Å². The molecule has 11 nitrogen and oxygen atoms in total. The first-order valence-electron chi connectivity index (χ1n) is 13.2. The quantitative estimate of drug-likeness (QED) is 0.409. The van der Waals surface area contributed by atoms with Crippen molar-refractivity contribution < 1.29 is 22.7 Å². The van der Waals surface area contributed by atoms with Gasteiger partial charge >= 0.3 is 0 Å². The summed E-state index contributed by atoms with van der Waals surface area (Å²) in [5.41, 5.74) is 1.63. The minimum atomic E-state index is -3.50. The third kappa shape index (κ3) is 5.30. The molecule has 6 rings (SSSR count). The van der Waals surface area contributed by atoms with Crippen molar-refractivity contribution in [3.8, 4) is 17.1 Å². The van der Waals surface area contributed by atoms with Crippen LogP contribution in [0.3, 0.4) is 0 Å². The van der Waals surface area contributed by atoms with Gasteiger partial charge in [-0.15, -0.1) is 0 Å². The van der Waals surface area contributed by atoms with Crippen molar-refractivity contribution in [2.75, 3.05) is 16.6 Å². The summed E-state index contributed by atoms with van der Waals surface area (Å²) >= 11 is 0. The van der Waals surface area contributed by atoms with Gasteiger partial charge in [0.05, 0.1) is 53.3 Å². The van der Waals surface area contributed by atoms with E-state index in [0.29, 0.717) is 55.2 Å². The Labute approximate surface area is 226 Å². The van der Waals surface area contributed by atoms with Crippen molar-refractivity contribution >= 4 is 27.4 Å². The van der Waals surface area contributed by atoms with E-state index >= 15 is 0 Å². The fourth-order valence-corrected chi connectivity index (χ4v) is 6.74. The number of carbonyl (C=O) groups is 1. The lowest BCUT2D eigenvalue weighted by Gasteiger charge is -2.39. The molecule has 3 aromatic rings. The molecule has 39 heavy (non-hydrogen) atoms. The second-order valence-corrected chi connectivity index (χ2v) is 12.3. The molecule has 0 spiro atoms. The molecule has 1 saturated carbocycles. The van der Waals surface area contributed by atoms with Crippen LogP contribution in [0.4, 0.5) is 11.5 Å². The maximum absolute atomic E-state index is 14.0. The number of amides is 1. The second-order valence-electron chi connectivity index (χ2n) is 10.3. The van der Waals surface area contributed by atoms with Crippen molar-refractivity contribution in [2.24, 2.45) is 0 Å². The number of benzene rings is 1. The second kappa shape index (κ2) is 10.2. The predicted molar refractivity (Wildman–Crippen MR) is 144 cm³/mol. The Morgan fingerprint density at radius 1 is 1.08 bits per heavy atom. The maximum atomic E-state index is 14.0. The number of nitrogens with one attached hydrogen (secondary N) is 2. The first-order chi connectivity index (χ1) is 18.8. The van der Waals surface area contributed by atoms with Gasteiger partial charge in [0, 0.05) is 17.3 Å². The molecule has 12 heteroatoms. The standard InChI is InChI=1S/C27H30N6O5S/c1-2-37-25-15-28-14-22(32-25)17-3-5-18(6-4-17)31-26(34)27(12-19-7-8-20(13-27)38-19)23-11-24(30-16-29-23)33-39(35,36)21-9-10-21/h3-6,11,14-16,19-21H,2,7-10,12-13H2,1H3,(H,31,34)(H,29,30,33). The molecule has 3 fully saturated rings. The maximum Gasteiger partial charge on any atom is 0.236 e. The minimum Gasteiger partial charge on any atom is -0.477 e. The van der Waals surface area contributed by atoms with Crippen LogP contribution in [0.2, 0.25) is 0 Å². The van der Waals surface area contributed by atoms with Gasteiger partial charge in [-0.2, -0.15) is 0 Å². The fourth-order valence-electron chi connectivity index (χ4n) is 5.41. The summed E-state index contributed by atoms with van der Waals surface area (Å²) in [7, 11) is -3.50. The van der Waals surface area contributed by atoms with Crippen LogP contribution in [0.25, 0.3) is 11.3 Å². The lowest BCUT2D eigenvalue weighted by Crippen LogP contribution is -2.48. The predicted octanol–water partition coefficient (Wildman–Crippen LogP) is 3.45. The van der Waals surface area contributed by atoms with E-state index in [1.54, 1.807) is 18.5 Å². The van der Waals surface area contributed by atoms with E-state index in [4.69, 9.17) is 9.47 Å². The van der Waals surface area contributed by atoms with Crippen LogP contribution >= 0.6 is 0 Å². The number of carbonyl (C=O) groups excluding carboxylic acids is 1. The van der Waals surface area contributed by atoms with Crippen LogP contribution in [0.1, 0.15) is 51.1 Å². The summed E-state index contributed by atoms with van der Waals surface area (Å²) in [6, 6.07) is 8.96. The highest BCUT2D eigenvalue weighted by Crippen LogP contribution is 2.46. The molecule has 2 unspecified atom stereocenters. The van der Waals surface area contributed by atoms with Gasteiger partial charge in [0.2, 0.25) is 21.8 Å². The zero-order valence-electron chi connectivity index (χ0n) is 21.5. The number of sulfonamides is 1. The number of nitrogens with zero attached hydrogens (tertiary/aromatic N) is 4. The molecule has 0 radical (unpaired) electrons. The van der Waals surface area contributed by atoms with Gasteiger partial charge in [-0.05, 0) is 57.6 Å². The van der Waals surface area contributed by atoms with Crippen LogP contribution in [0.5, 0.6) is 5.88 Å². The highest BCUT2D eigenvalue weighted by molar-refractivity contribution is 7.93. The van der Waals surface area contributed by atoms with E-state index < -0.39 is 15.4 Å². The molecule has 2 saturated heterocycles. The number of rotatable bonds is 9. The third-order valence-corrected chi connectivity index (χ3v) is 9.34. The SMILES string of the molecule is CCOc1cncc(-c2ccc(NC(=O)C3(c4cc(NS(=O)(=O)C5CC5)ncn4)CC4CCC(C3)O4)cc2)n1. The lowest BCUT2D eigenvalue weighted by atomic mass is 9.73. The number of ether oxygens (including phenoxy) is 2. The molecule has 3 aliphatic rings. The molecule has 1 amide bonds. The molecule has 2 aliphatic heterocycles. The normalized spacial score (nSPS) is 24.2. The molecule has 1 aliphatic carbocycles. The Balaban J connectivity index is 1.26. The van der Waals surface area contributed by atoms with E-state index in [2.05, 4.69) is 30.0 Å². The largest absolute Gasteiger partial charge is 0.477 e. The summed E-state index contributed by atoms with van der Waals surface area (Å²) in [5, 5.41) is 2.69. The first-order valence-corrected chi connectivity index (χ1v) is 14.8. The summed E-state index contributed by atoms with van der Waals surface area (Å²) < 4.78 is 39.1. The van der Waals surface area contributed by atoms with Crippen LogP contribution in [0, 0.1) is 0 Å². The highest BCUT2D eigenvalue weighted by atomic mass is 32.2. The molecule has 4 heterocycles. The van der Waals surface area contributed by atoms with Gasteiger partial charge in [-0.3, -0.25) is 14.5 Å². The van der Waals surface area contributed by atoms with E-state index in [0.717, 1.165) is 18.4 Å². The number of aromatic nitrogens is 4. The number of fused-ring (bicyclic) bond motifs is 2. The molecule has 2 bridgehead atoms. The van der Waals surface area contributed by atoms with E-state index in [-0.39, 0.29) is 29.2 Å². The molecule has 2 atom stereocenters. The Bertz CT molecular complexity index is 1470. The summed E-state index contributed by atoms with van der Waals surface area (Å²) in [5.74, 6) is 0.424. The first kappa shape index (κ1) is 25.6. The van der Waals surface area contributed by atoms with Crippen LogP contribution in [0.15, 0.2) is 49.1 Å². The average Bonchev–Trinajstić information content (AvgIpc) is 3.74. The van der Waals surface area contributed by atoms with Gasteiger partial charge in [-0.25, -0.2) is 23.4 Å². The Hall–Kier alpha value is -3.64. The van der Waals surface area contributed by atoms with Gasteiger partial charge < -0.3 is 14.8 Å². The molecule has 1 aromatic carbocycles. The minimum absolute atomic E-state index is 0.0605.